The molecule has 0 aromatic carbocycles. The van der Waals surface area contributed by atoms with Crippen LogP contribution in [0, 0.1) is 0 Å². The maximum atomic E-state index is 11.7. The van der Waals surface area contributed by atoms with Gasteiger partial charge in [-0.3, -0.25) is 0 Å². The van der Waals surface area contributed by atoms with Crippen molar-refractivity contribution in [3.63, 3.8) is 0 Å². The molecule has 0 spiro atoms. The maximum absolute atomic E-state index is 11.7. The Hall–Kier alpha value is 0.0600. The van der Waals surface area contributed by atoms with Crippen molar-refractivity contribution < 1.29 is 17.9 Å². The van der Waals surface area contributed by atoms with Gasteiger partial charge in [-0.15, -0.1) is 0 Å². The van der Waals surface area contributed by atoms with E-state index < -0.39 is 5.51 Å². The molecule has 0 aromatic rings. The van der Waals surface area contributed by atoms with Crippen molar-refractivity contribution in [1.82, 2.24) is 5.32 Å². The lowest BCUT2D eigenvalue weighted by Crippen LogP contribution is -2.27. The summed E-state index contributed by atoms with van der Waals surface area (Å²) in [5.41, 5.74) is -4.13. The Kier molecular flexibility index (Phi) is 5.05. The predicted octanol–water partition coefficient (Wildman–Crippen LogP) is 2.01. The van der Waals surface area contributed by atoms with Crippen LogP contribution in [-0.4, -0.2) is 37.1 Å². The first-order valence-corrected chi connectivity index (χ1v) is 5.58. The molecule has 0 saturated carbocycles. The Morgan fingerprint density at radius 2 is 2.21 bits per heavy atom. The number of halogens is 3. The van der Waals surface area contributed by atoms with E-state index in [0.29, 0.717) is 12.6 Å². The number of nitrogens with one attached hydrogen (secondary N) is 1. The highest BCUT2D eigenvalue weighted by molar-refractivity contribution is 8.00. The van der Waals surface area contributed by atoms with E-state index in [9.17, 15) is 13.2 Å². The largest absolute Gasteiger partial charge is 0.441 e. The maximum Gasteiger partial charge on any atom is 0.441 e. The fourth-order valence-electron chi connectivity index (χ4n) is 1.34. The SMILES string of the molecule is FC(F)(F)SCCOCC1CCCN1. The molecule has 1 N–H and O–H groups in total. The minimum Gasteiger partial charge on any atom is -0.379 e. The highest BCUT2D eigenvalue weighted by Gasteiger charge is 2.27. The Balaban J connectivity index is 1.89. The molecule has 1 saturated heterocycles. The molecule has 0 amide bonds. The molecule has 1 fully saturated rings. The van der Waals surface area contributed by atoms with Crippen LogP contribution < -0.4 is 5.32 Å². The average molecular weight is 229 g/mol. The summed E-state index contributed by atoms with van der Waals surface area (Å²) < 4.78 is 40.2. The lowest BCUT2D eigenvalue weighted by Gasteiger charge is -2.10. The number of thioether (sulfide) groups is 1. The Morgan fingerprint density at radius 1 is 1.43 bits per heavy atom. The van der Waals surface area contributed by atoms with Crippen LogP contribution >= 0.6 is 11.8 Å². The molecule has 1 aliphatic rings. The zero-order chi connectivity index (χ0) is 10.4. The lowest BCUT2D eigenvalue weighted by molar-refractivity contribution is -0.0331. The molecule has 1 heterocycles. The highest BCUT2D eigenvalue weighted by atomic mass is 32.2. The molecular formula is C8H14F3NOS. The minimum absolute atomic E-state index is 0.0176. The highest BCUT2D eigenvalue weighted by Crippen LogP contribution is 2.29. The van der Waals surface area contributed by atoms with Gasteiger partial charge in [0.1, 0.15) is 0 Å². The van der Waals surface area contributed by atoms with E-state index >= 15 is 0 Å². The van der Waals surface area contributed by atoms with E-state index in [1.54, 1.807) is 0 Å². The third-order valence-electron chi connectivity index (χ3n) is 1.97. The third kappa shape index (κ3) is 5.72. The van der Waals surface area contributed by atoms with Crippen LogP contribution in [0.3, 0.4) is 0 Å². The second-order valence-corrected chi connectivity index (χ2v) is 4.32. The van der Waals surface area contributed by atoms with Gasteiger partial charge in [0.25, 0.3) is 0 Å². The van der Waals surface area contributed by atoms with Crippen LogP contribution in [0.4, 0.5) is 13.2 Å². The summed E-state index contributed by atoms with van der Waals surface area (Å²) in [7, 11) is 0. The molecule has 1 unspecified atom stereocenters. The van der Waals surface area contributed by atoms with Crippen LogP contribution in [0.15, 0.2) is 0 Å². The van der Waals surface area contributed by atoms with E-state index in [-0.39, 0.29) is 24.1 Å². The molecule has 1 rings (SSSR count). The van der Waals surface area contributed by atoms with E-state index in [1.165, 1.54) is 0 Å². The number of rotatable bonds is 5. The van der Waals surface area contributed by atoms with Crippen LogP contribution in [0.5, 0.6) is 0 Å². The van der Waals surface area contributed by atoms with Gasteiger partial charge in [0, 0.05) is 11.8 Å². The molecule has 14 heavy (non-hydrogen) atoms. The van der Waals surface area contributed by atoms with Gasteiger partial charge in [-0.25, -0.2) is 0 Å². The van der Waals surface area contributed by atoms with E-state index in [1.807, 2.05) is 0 Å². The monoisotopic (exact) mass is 229 g/mol. The molecule has 0 aliphatic carbocycles. The summed E-state index contributed by atoms with van der Waals surface area (Å²) in [5, 5.41) is 3.21. The summed E-state index contributed by atoms with van der Waals surface area (Å²) in [6.07, 6.45) is 2.19. The minimum atomic E-state index is -4.13. The van der Waals surface area contributed by atoms with E-state index in [0.717, 1.165) is 19.4 Å². The van der Waals surface area contributed by atoms with Crippen molar-refractivity contribution in [3.8, 4) is 0 Å². The van der Waals surface area contributed by atoms with Gasteiger partial charge in [-0.2, -0.15) is 13.2 Å². The Bertz CT molecular complexity index is 159. The van der Waals surface area contributed by atoms with E-state index in [4.69, 9.17) is 4.74 Å². The van der Waals surface area contributed by atoms with Crippen molar-refractivity contribution in [3.05, 3.63) is 0 Å². The Labute approximate surface area is 85.6 Å². The summed E-state index contributed by atoms with van der Waals surface area (Å²) in [4.78, 5) is 0. The van der Waals surface area contributed by atoms with Gasteiger partial charge < -0.3 is 10.1 Å². The van der Waals surface area contributed by atoms with Gasteiger partial charge in [0.15, 0.2) is 0 Å². The summed E-state index contributed by atoms with van der Waals surface area (Å²) in [6.45, 7) is 1.69. The first-order chi connectivity index (χ1) is 6.58. The summed E-state index contributed by atoms with van der Waals surface area (Å²) >= 11 is -0.0293. The van der Waals surface area contributed by atoms with Crippen molar-refractivity contribution in [1.29, 1.82) is 0 Å². The second-order valence-electron chi connectivity index (χ2n) is 3.16. The molecule has 0 aromatic heterocycles. The smallest absolute Gasteiger partial charge is 0.379 e. The molecule has 2 nitrogen and oxygen atoms in total. The van der Waals surface area contributed by atoms with Crippen LogP contribution in [0.1, 0.15) is 12.8 Å². The van der Waals surface area contributed by atoms with Crippen molar-refractivity contribution in [2.75, 3.05) is 25.5 Å². The standard InChI is InChI=1S/C8H14F3NOS/c9-8(10,11)14-5-4-13-6-7-2-1-3-12-7/h7,12H,1-6H2. The van der Waals surface area contributed by atoms with Crippen LogP contribution in [-0.2, 0) is 4.74 Å². The molecule has 1 atom stereocenters. The summed E-state index contributed by atoms with van der Waals surface area (Å²) in [6, 6.07) is 0.339. The molecule has 1 aliphatic heterocycles. The normalized spacial score (nSPS) is 22.9. The van der Waals surface area contributed by atoms with Gasteiger partial charge >= 0.3 is 5.51 Å². The van der Waals surface area contributed by atoms with Crippen molar-refractivity contribution >= 4 is 11.8 Å². The van der Waals surface area contributed by atoms with Crippen molar-refractivity contribution in [2.24, 2.45) is 0 Å². The number of ether oxygens (including phenoxy) is 1. The van der Waals surface area contributed by atoms with Crippen LogP contribution in [0.25, 0.3) is 0 Å². The molecule has 84 valence electrons. The van der Waals surface area contributed by atoms with Gasteiger partial charge in [0.05, 0.1) is 13.2 Å². The lowest BCUT2D eigenvalue weighted by atomic mass is 10.2. The first-order valence-electron chi connectivity index (χ1n) is 4.60. The van der Waals surface area contributed by atoms with Crippen molar-refractivity contribution in [2.45, 2.75) is 24.4 Å². The molecular weight excluding hydrogens is 215 g/mol. The molecule has 0 radical (unpaired) electrons. The summed E-state index contributed by atoms with van der Waals surface area (Å²) in [5.74, 6) is -0.0176. The second kappa shape index (κ2) is 5.82. The quantitative estimate of drug-likeness (QED) is 0.729. The van der Waals surface area contributed by atoms with Gasteiger partial charge in [0.2, 0.25) is 0 Å². The first kappa shape index (κ1) is 12.1. The van der Waals surface area contributed by atoms with Crippen LogP contribution in [0.2, 0.25) is 0 Å². The predicted molar refractivity (Wildman–Crippen MR) is 50.4 cm³/mol. The average Bonchev–Trinajstić information content (AvgIpc) is 2.54. The number of hydrogen-bond acceptors (Lipinski definition) is 3. The van der Waals surface area contributed by atoms with Gasteiger partial charge in [-0.1, -0.05) is 0 Å². The fraction of sp³-hybridized carbons (Fsp3) is 1.00. The van der Waals surface area contributed by atoms with Gasteiger partial charge in [-0.05, 0) is 31.1 Å². The molecule has 6 heteroatoms. The topological polar surface area (TPSA) is 21.3 Å². The fourth-order valence-corrected chi connectivity index (χ4v) is 1.77. The van der Waals surface area contributed by atoms with E-state index in [2.05, 4.69) is 5.32 Å². The zero-order valence-electron chi connectivity index (χ0n) is 7.77. The zero-order valence-corrected chi connectivity index (χ0v) is 8.59. The molecule has 0 bridgehead atoms. The Morgan fingerprint density at radius 3 is 2.79 bits per heavy atom. The number of alkyl halides is 3. The third-order valence-corrected chi connectivity index (χ3v) is 2.67. The number of hydrogen-bond donors (Lipinski definition) is 1.